The quantitative estimate of drug-likeness (QED) is 0.416. The third kappa shape index (κ3) is 5.89. The Morgan fingerprint density at radius 3 is 2.59 bits per heavy atom. The summed E-state index contributed by atoms with van der Waals surface area (Å²) in [6.07, 6.45) is 11.4. The van der Waals surface area contributed by atoms with E-state index in [1.807, 2.05) is 66.7 Å². The van der Waals surface area contributed by atoms with Crippen LogP contribution < -0.4 is 5.32 Å². The van der Waals surface area contributed by atoms with Gasteiger partial charge >= 0.3 is 0 Å². The number of nitrogens with zero attached hydrogens (tertiary/aromatic N) is 1. The van der Waals surface area contributed by atoms with Gasteiger partial charge < -0.3 is 5.32 Å². The van der Waals surface area contributed by atoms with E-state index in [1.165, 1.54) is 19.3 Å². The van der Waals surface area contributed by atoms with Crippen molar-refractivity contribution in [2.45, 2.75) is 32.1 Å². The maximum Gasteiger partial charge on any atom is 0.162 e. The summed E-state index contributed by atoms with van der Waals surface area (Å²) in [5, 5.41) is 3.40. The van der Waals surface area contributed by atoms with E-state index in [-0.39, 0.29) is 5.78 Å². The molecule has 0 amide bonds. The highest BCUT2D eigenvalue weighted by Crippen LogP contribution is 2.34. The molecule has 1 aliphatic rings. The Bertz CT molecular complexity index is 973. The molecule has 1 aromatic heterocycles. The van der Waals surface area contributed by atoms with Crippen LogP contribution in [0.15, 0.2) is 72.9 Å². The summed E-state index contributed by atoms with van der Waals surface area (Å²) >= 11 is 0. The topological polar surface area (TPSA) is 42.0 Å². The number of pyridine rings is 1. The average molecular weight is 383 g/mol. The van der Waals surface area contributed by atoms with Crippen LogP contribution >= 0.6 is 0 Å². The number of hydrogen-bond donors (Lipinski definition) is 1. The zero-order valence-corrected chi connectivity index (χ0v) is 16.6. The predicted octanol–water partition coefficient (Wildman–Crippen LogP) is 6.76. The molecule has 0 bridgehead atoms. The lowest BCUT2D eigenvalue weighted by Gasteiger charge is -2.09. The van der Waals surface area contributed by atoms with E-state index in [4.69, 9.17) is 0 Å². The second kappa shape index (κ2) is 9.33. The number of nitrogens with one attached hydrogen (secondary N) is 1. The lowest BCUT2D eigenvalue weighted by molar-refractivity contribution is 0.0979. The highest BCUT2D eigenvalue weighted by molar-refractivity contribution is 5.97. The summed E-state index contributed by atoms with van der Waals surface area (Å²) in [5.41, 5.74) is 4.78. The normalized spacial score (nSPS) is 13.5. The molecular weight excluding hydrogens is 356 g/mol. The molecule has 2 aromatic carbocycles. The number of carbonyl (C=O) groups is 1. The highest BCUT2D eigenvalue weighted by Gasteiger charge is 2.20. The van der Waals surface area contributed by atoms with Gasteiger partial charge in [-0.05, 0) is 60.4 Å². The number of anilines is 2. The van der Waals surface area contributed by atoms with Gasteiger partial charge in [0.2, 0.25) is 0 Å². The van der Waals surface area contributed by atoms with Gasteiger partial charge in [0.1, 0.15) is 0 Å². The Balaban J connectivity index is 1.35. The molecule has 0 spiro atoms. The van der Waals surface area contributed by atoms with Crippen molar-refractivity contribution >= 4 is 29.3 Å². The van der Waals surface area contributed by atoms with Crippen LogP contribution in [0.3, 0.4) is 0 Å². The van der Waals surface area contributed by atoms with Gasteiger partial charge in [-0.2, -0.15) is 0 Å². The number of carbonyl (C=O) groups excluding carboxylic acids is 1. The van der Waals surface area contributed by atoms with Gasteiger partial charge in [-0.15, -0.1) is 0 Å². The number of rotatable bonds is 9. The largest absolute Gasteiger partial charge is 0.356 e. The first-order valence-corrected chi connectivity index (χ1v) is 10.4. The highest BCUT2D eigenvalue weighted by atomic mass is 16.1. The zero-order chi connectivity index (χ0) is 19.9. The summed E-state index contributed by atoms with van der Waals surface area (Å²) in [4.78, 5) is 16.7. The molecule has 0 aliphatic heterocycles. The molecule has 0 unspecified atom stereocenters. The lowest BCUT2D eigenvalue weighted by Crippen LogP contribution is -2.00. The molecule has 1 N–H and O–H groups in total. The van der Waals surface area contributed by atoms with Crippen LogP contribution in [0.25, 0.3) is 12.2 Å². The van der Waals surface area contributed by atoms with Crippen molar-refractivity contribution in [1.82, 2.24) is 4.98 Å². The molecule has 0 atom stereocenters. The van der Waals surface area contributed by atoms with E-state index in [0.29, 0.717) is 6.42 Å². The van der Waals surface area contributed by atoms with Crippen LogP contribution in [0.4, 0.5) is 11.4 Å². The Morgan fingerprint density at radius 1 is 0.966 bits per heavy atom. The van der Waals surface area contributed by atoms with E-state index in [0.717, 1.165) is 40.5 Å². The van der Waals surface area contributed by atoms with Gasteiger partial charge in [-0.1, -0.05) is 55.7 Å². The van der Waals surface area contributed by atoms with Crippen molar-refractivity contribution in [2.75, 3.05) is 5.32 Å². The van der Waals surface area contributed by atoms with Gasteiger partial charge in [0.15, 0.2) is 5.78 Å². The molecule has 3 aromatic rings. The standard InChI is InChI=1S/C26H26N2O/c29-26(9-3-5-20-10-11-20)22-6-4-8-25(19-22)28-24-16-13-21(14-17-24)12-15-23-7-1-2-18-27-23/h1-2,4,6-8,12-20,28H,3,5,9-11H2/b15-12+. The van der Waals surface area contributed by atoms with E-state index in [2.05, 4.69) is 22.4 Å². The van der Waals surface area contributed by atoms with Crippen molar-refractivity contribution in [2.24, 2.45) is 5.92 Å². The minimum absolute atomic E-state index is 0.240. The minimum atomic E-state index is 0.240. The summed E-state index contributed by atoms with van der Waals surface area (Å²) in [6.45, 7) is 0. The molecular formula is C26H26N2O. The Labute approximate surface area is 172 Å². The van der Waals surface area contributed by atoms with Crippen LogP contribution in [0.5, 0.6) is 0 Å². The summed E-state index contributed by atoms with van der Waals surface area (Å²) in [5.74, 6) is 1.13. The number of Topliss-reactive ketones (excluding diaryl/α,β-unsaturated/α-hetero) is 1. The Kier molecular flexibility index (Phi) is 6.16. The van der Waals surface area contributed by atoms with Gasteiger partial charge in [0.05, 0.1) is 5.69 Å². The van der Waals surface area contributed by atoms with Crippen LogP contribution in [0, 0.1) is 5.92 Å². The van der Waals surface area contributed by atoms with Crippen molar-refractivity contribution < 1.29 is 4.79 Å². The van der Waals surface area contributed by atoms with Crippen molar-refractivity contribution in [3.8, 4) is 0 Å². The Morgan fingerprint density at radius 2 is 1.83 bits per heavy atom. The van der Waals surface area contributed by atoms with E-state index < -0.39 is 0 Å². The SMILES string of the molecule is O=C(CCCC1CC1)c1cccc(Nc2ccc(/C=C/c3ccccn3)cc2)c1. The molecule has 3 nitrogen and oxygen atoms in total. The van der Waals surface area contributed by atoms with Crippen molar-refractivity contribution in [3.05, 3.63) is 89.7 Å². The molecule has 0 saturated heterocycles. The van der Waals surface area contributed by atoms with Gasteiger partial charge in [-0.25, -0.2) is 0 Å². The Hall–Kier alpha value is -3.20. The molecule has 4 rings (SSSR count). The van der Waals surface area contributed by atoms with E-state index in [9.17, 15) is 4.79 Å². The van der Waals surface area contributed by atoms with Crippen molar-refractivity contribution in [1.29, 1.82) is 0 Å². The first-order chi connectivity index (χ1) is 14.3. The predicted molar refractivity (Wildman–Crippen MR) is 120 cm³/mol. The van der Waals surface area contributed by atoms with Gasteiger partial charge in [-0.3, -0.25) is 9.78 Å². The third-order valence-corrected chi connectivity index (χ3v) is 5.23. The summed E-state index contributed by atoms with van der Waals surface area (Å²) in [6, 6.07) is 21.9. The van der Waals surface area contributed by atoms with Crippen LogP contribution in [0.2, 0.25) is 0 Å². The smallest absolute Gasteiger partial charge is 0.162 e. The minimum Gasteiger partial charge on any atom is -0.356 e. The molecule has 1 heterocycles. The molecule has 29 heavy (non-hydrogen) atoms. The third-order valence-electron chi connectivity index (χ3n) is 5.23. The average Bonchev–Trinajstić information content (AvgIpc) is 3.59. The molecule has 1 fully saturated rings. The summed E-state index contributed by atoms with van der Waals surface area (Å²) < 4.78 is 0. The monoisotopic (exact) mass is 382 g/mol. The van der Waals surface area contributed by atoms with Gasteiger partial charge in [0, 0.05) is 29.6 Å². The lowest BCUT2D eigenvalue weighted by atomic mass is 10.0. The fourth-order valence-corrected chi connectivity index (χ4v) is 3.37. The maximum atomic E-state index is 12.4. The molecule has 3 heteroatoms. The number of hydrogen-bond acceptors (Lipinski definition) is 3. The fraction of sp³-hybridized carbons (Fsp3) is 0.231. The molecule has 146 valence electrons. The molecule has 0 radical (unpaired) electrons. The summed E-state index contributed by atoms with van der Waals surface area (Å²) in [7, 11) is 0. The van der Waals surface area contributed by atoms with Crippen LogP contribution in [-0.4, -0.2) is 10.8 Å². The second-order valence-corrected chi connectivity index (χ2v) is 7.67. The van der Waals surface area contributed by atoms with Crippen molar-refractivity contribution in [3.63, 3.8) is 0 Å². The number of benzene rings is 2. The maximum absolute atomic E-state index is 12.4. The zero-order valence-electron chi connectivity index (χ0n) is 16.6. The van der Waals surface area contributed by atoms with Crippen LogP contribution in [-0.2, 0) is 0 Å². The first-order valence-electron chi connectivity index (χ1n) is 10.4. The van der Waals surface area contributed by atoms with E-state index >= 15 is 0 Å². The molecule has 1 aliphatic carbocycles. The van der Waals surface area contributed by atoms with Gasteiger partial charge in [0.25, 0.3) is 0 Å². The fourth-order valence-electron chi connectivity index (χ4n) is 3.37. The van der Waals surface area contributed by atoms with E-state index in [1.54, 1.807) is 6.20 Å². The molecule has 1 saturated carbocycles. The number of aromatic nitrogens is 1. The number of ketones is 1. The van der Waals surface area contributed by atoms with Crippen LogP contribution in [0.1, 0.15) is 53.7 Å². The second-order valence-electron chi connectivity index (χ2n) is 7.67. The first kappa shape index (κ1) is 19.1.